The molecule has 150 valence electrons. The van der Waals surface area contributed by atoms with Crippen molar-refractivity contribution in [3.63, 3.8) is 0 Å². The van der Waals surface area contributed by atoms with Crippen molar-refractivity contribution in [2.45, 2.75) is 51.5 Å². The molecule has 6 heteroatoms. The van der Waals surface area contributed by atoms with Gasteiger partial charge in [-0.05, 0) is 50.7 Å². The molecule has 0 radical (unpaired) electrons. The molecule has 0 unspecified atom stereocenters. The van der Waals surface area contributed by atoms with Crippen LogP contribution in [0.1, 0.15) is 54.6 Å². The molecule has 5 nitrogen and oxygen atoms in total. The standard InChI is InChI=1S/C23H25ClN4O/c1-15-20-21(24)18(14-25-22(20)28(26-15)17-10-3-2-4-11-17)23(29)27-13-7-9-16-8-5-6-12-19(16)27/h2-4,10-11,14,16,19H,5-9,12-13H2,1H3/t16-,19+/m1/s1. The van der Waals surface area contributed by atoms with E-state index >= 15 is 0 Å². The number of nitrogens with zero attached hydrogens (tertiary/aromatic N) is 4. The number of carbonyl (C=O) groups excluding carboxylic acids is 1. The normalized spacial score (nSPS) is 21.9. The van der Waals surface area contributed by atoms with Gasteiger partial charge in [-0.1, -0.05) is 42.6 Å². The first-order chi connectivity index (χ1) is 14.1. The third-order valence-corrected chi connectivity index (χ3v) is 6.94. The summed E-state index contributed by atoms with van der Waals surface area (Å²) in [5.74, 6) is 0.660. The summed E-state index contributed by atoms with van der Waals surface area (Å²) in [5, 5.41) is 5.88. The summed E-state index contributed by atoms with van der Waals surface area (Å²) in [6.07, 6.45) is 8.79. The molecular weight excluding hydrogens is 384 g/mol. The molecule has 3 heterocycles. The predicted molar refractivity (Wildman–Crippen MR) is 115 cm³/mol. The monoisotopic (exact) mass is 408 g/mol. The Bertz CT molecular complexity index is 1060. The Morgan fingerprint density at radius 2 is 1.86 bits per heavy atom. The predicted octanol–water partition coefficient (Wildman–Crippen LogP) is 5.18. The van der Waals surface area contributed by atoms with Crippen molar-refractivity contribution >= 4 is 28.5 Å². The summed E-state index contributed by atoms with van der Waals surface area (Å²) < 4.78 is 1.79. The van der Waals surface area contributed by atoms with Crippen LogP contribution >= 0.6 is 11.6 Å². The summed E-state index contributed by atoms with van der Waals surface area (Å²) in [4.78, 5) is 20.2. The SMILES string of the molecule is Cc1nn(-c2ccccc2)c2ncc(C(=O)N3CCC[C@H]4CCCC[C@@H]43)c(Cl)c12. The number of piperidine rings is 1. The van der Waals surface area contributed by atoms with Crippen molar-refractivity contribution in [1.82, 2.24) is 19.7 Å². The van der Waals surface area contributed by atoms with E-state index in [2.05, 4.69) is 15.0 Å². The van der Waals surface area contributed by atoms with Crippen LogP contribution < -0.4 is 0 Å². The van der Waals surface area contributed by atoms with Crippen molar-refractivity contribution < 1.29 is 4.79 Å². The lowest BCUT2D eigenvalue weighted by atomic mass is 9.78. The fraction of sp³-hybridized carbons (Fsp3) is 0.435. The molecule has 2 atom stereocenters. The second kappa shape index (κ2) is 7.45. The number of para-hydroxylation sites is 1. The molecular formula is C23H25ClN4O. The van der Waals surface area contributed by atoms with Crippen LogP contribution in [0.4, 0.5) is 0 Å². The topological polar surface area (TPSA) is 51.0 Å². The summed E-state index contributed by atoms with van der Waals surface area (Å²) >= 11 is 6.80. The quantitative estimate of drug-likeness (QED) is 0.587. The molecule has 2 aromatic heterocycles. The van der Waals surface area contributed by atoms with Crippen molar-refractivity contribution in [3.8, 4) is 5.69 Å². The number of carbonyl (C=O) groups is 1. The molecule has 29 heavy (non-hydrogen) atoms. The number of amides is 1. The molecule has 0 spiro atoms. The third-order valence-electron chi connectivity index (χ3n) is 6.54. The highest BCUT2D eigenvalue weighted by molar-refractivity contribution is 6.38. The number of aryl methyl sites for hydroxylation is 1. The Morgan fingerprint density at radius 3 is 2.69 bits per heavy atom. The highest BCUT2D eigenvalue weighted by atomic mass is 35.5. The molecule has 3 aromatic rings. The van der Waals surface area contributed by atoms with Gasteiger partial charge in [0.15, 0.2) is 5.65 Å². The summed E-state index contributed by atoms with van der Waals surface area (Å²) in [5.41, 5.74) is 2.89. The van der Waals surface area contributed by atoms with Gasteiger partial charge >= 0.3 is 0 Å². The highest BCUT2D eigenvalue weighted by Gasteiger charge is 2.37. The van der Waals surface area contributed by atoms with E-state index in [0.717, 1.165) is 36.2 Å². The number of hydrogen-bond acceptors (Lipinski definition) is 3. The molecule has 1 aromatic carbocycles. The van der Waals surface area contributed by atoms with Gasteiger partial charge in [0.05, 0.1) is 27.4 Å². The van der Waals surface area contributed by atoms with Gasteiger partial charge in [-0.25, -0.2) is 9.67 Å². The molecule has 1 amide bonds. The zero-order valence-corrected chi connectivity index (χ0v) is 17.4. The van der Waals surface area contributed by atoms with Crippen LogP contribution in [-0.2, 0) is 0 Å². The van der Waals surface area contributed by atoms with Crippen molar-refractivity contribution in [2.75, 3.05) is 6.54 Å². The number of hydrogen-bond donors (Lipinski definition) is 0. The minimum atomic E-state index is 0.0212. The molecule has 2 aliphatic rings. The number of halogens is 1. The van der Waals surface area contributed by atoms with Gasteiger partial charge < -0.3 is 4.90 Å². The average molecular weight is 409 g/mol. The first-order valence-corrected chi connectivity index (χ1v) is 10.9. The zero-order chi connectivity index (χ0) is 20.0. The Hall–Kier alpha value is -2.40. The maximum absolute atomic E-state index is 13.5. The molecule has 1 saturated carbocycles. The van der Waals surface area contributed by atoms with E-state index in [9.17, 15) is 4.79 Å². The van der Waals surface area contributed by atoms with E-state index in [0.29, 0.717) is 28.2 Å². The van der Waals surface area contributed by atoms with Gasteiger partial charge in [0.1, 0.15) is 0 Å². The van der Waals surface area contributed by atoms with Gasteiger partial charge in [0.2, 0.25) is 0 Å². The molecule has 1 saturated heterocycles. The van der Waals surface area contributed by atoms with Crippen molar-refractivity contribution in [3.05, 3.63) is 52.8 Å². The fourth-order valence-corrected chi connectivity index (χ4v) is 5.49. The lowest BCUT2D eigenvalue weighted by Gasteiger charge is -2.44. The first-order valence-electron chi connectivity index (χ1n) is 10.6. The number of benzene rings is 1. The average Bonchev–Trinajstić information content (AvgIpc) is 3.11. The molecule has 2 fully saturated rings. The molecule has 1 aliphatic carbocycles. The van der Waals surface area contributed by atoms with Crippen LogP contribution in [0.15, 0.2) is 36.5 Å². The van der Waals surface area contributed by atoms with Gasteiger partial charge in [-0.2, -0.15) is 5.10 Å². The minimum absolute atomic E-state index is 0.0212. The van der Waals surface area contributed by atoms with Gasteiger partial charge in [0.25, 0.3) is 5.91 Å². The van der Waals surface area contributed by atoms with Crippen LogP contribution in [0.3, 0.4) is 0 Å². The number of aromatic nitrogens is 3. The van der Waals surface area contributed by atoms with E-state index in [1.54, 1.807) is 10.9 Å². The van der Waals surface area contributed by atoms with Gasteiger partial charge in [0, 0.05) is 18.8 Å². The molecule has 0 N–H and O–H groups in total. The lowest BCUT2D eigenvalue weighted by Crippen LogP contribution is -2.49. The smallest absolute Gasteiger partial charge is 0.257 e. The second-order valence-electron chi connectivity index (χ2n) is 8.27. The Labute approximate surface area is 175 Å². The van der Waals surface area contributed by atoms with E-state index in [1.165, 1.54) is 25.7 Å². The summed E-state index contributed by atoms with van der Waals surface area (Å²) in [7, 11) is 0. The van der Waals surface area contributed by atoms with E-state index < -0.39 is 0 Å². The van der Waals surface area contributed by atoms with Crippen LogP contribution in [0.25, 0.3) is 16.7 Å². The number of pyridine rings is 1. The van der Waals surface area contributed by atoms with Crippen molar-refractivity contribution in [2.24, 2.45) is 5.92 Å². The Balaban J connectivity index is 1.55. The lowest BCUT2D eigenvalue weighted by molar-refractivity contribution is 0.0390. The second-order valence-corrected chi connectivity index (χ2v) is 8.65. The van der Waals surface area contributed by atoms with Crippen LogP contribution in [-0.4, -0.2) is 38.2 Å². The Kier molecular flexibility index (Phi) is 4.78. The minimum Gasteiger partial charge on any atom is -0.335 e. The number of fused-ring (bicyclic) bond motifs is 2. The maximum atomic E-state index is 13.5. The van der Waals surface area contributed by atoms with Gasteiger partial charge in [-0.3, -0.25) is 4.79 Å². The van der Waals surface area contributed by atoms with Crippen LogP contribution in [0, 0.1) is 12.8 Å². The molecule has 0 bridgehead atoms. The summed E-state index contributed by atoms with van der Waals surface area (Å²) in [6.45, 7) is 2.73. The highest BCUT2D eigenvalue weighted by Crippen LogP contribution is 2.37. The largest absolute Gasteiger partial charge is 0.335 e. The zero-order valence-electron chi connectivity index (χ0n) is 16.6. The first kappa shape index (κ1) is 18.6. The maximum Gasteiger partial charge on any atom is 0.257 e. The molecule has 1 aliphatic heterocycles. The van der Waals surface area contributed by atoms with Crippen LogP contribution in [0.5, 0.6) is 0 Å². The number of likely N-dealkylation sites (tertiary alicyclic amines) is 1. The van der Waals surface area contributed by atoms with E-state index in [1.807, 2.05) is 37.3 Å². The van der Waals surface area contributed by atoms with E-state index in [-0.39, 0.29) is 5.91 Å². The third kappa shape index (κ3) is 3.12. The van der Waals surface area contributed by atoms with E-state index in [4.69, 9.17) is 11.6 Å². The van der Waals surface area contributed by atoms with Crippen LogP contribution in [0.2, 0.25) is 5.02 Å². The van der Waals surface area contributed by atoms with Gasteiger partial charge in [-0.15, -0.1) is 0 Å². The molecule has 5 rings (SSSR count). The fourth-order valence-electron chi connectivity index (χ4n) is 5.14. The summed E-state index contributed by atoms with van der Waals surface area (Å²) in [6, 6.07) is 10.2. The van der Waals surface area contributed by atoms with Crippen molar-refractivity contribution in [1.29, 1.82) is 0 Å². The Morgan fingerprint density at radius 1 is 1.10 bits per heavy atom. The number of rotatable bonds is 2.